The Morgan fingerprint density at radius 1 is 0.784 bits per heavy atom. The van der Waals surface area contributed by atoms with E-state index in [1.54, 1.807) is 0 Å². The first-order chi connectivity index (χ1) is 17.9. The van der Waals surface area contributed by atoms with Gasteiger partial charge in [-0.3, -0.25) is 4.90 Å². The van der Waals surface area contributed by atoms with E-state index in [-0.39, 0.29) is 5.60 Å². The van der Waals surface area contributed by atoms with Gasteiger partial charge in [0.1, 0.15) is 17.1 Å². The zero-order valence-electron chi connectivity index (χ0n) is 24.8. The number of phenols is 1. The largest absolute Gasteiger partial charge is 0.507 e. The summed E-state index contributed by atoms with van der Waals surface area (Å²) >= 11 is 0. The van der Waals surface area contributed by atoms with Crippen molar-refractivity contribution in [3.05, 3.63) is 22.3 Å². The van der Waals surface area contributed by atoms with Crippen molar-refractivity contribution < 1.29 is 14.6 Å². The fourth-order valence-corrected chi connectivity index (χ4v) is 6.19. The van der Waals surface area contributed by atoms with E-state index in [0.717, 1.165) is 74.6 Å². The Morgan fingerprint density at radius 3 is 1.89 bits per heavy atom. The van der Waals surface area contributed by atoms with Gasteiger partial charge in [0.15, 0.2) is 0 Å². The summed E-state index contributed by atoms with van der Waals surface area (Å²) in [6, 6.07) is 0. The van der Waals surface area contributed by atoms with Gasteiger partial charge >= 0.3 is 0 Å². The molecule has 0 aliphatic carbocycles. The lowest BCUT2D eigenvalue weighted by Gasteiger charge is -2.39. The molecule has 1 N–H and O–H groups in total. The Morgan fingerprint density at radius 2 is 1.32 bits per heavy atom. The van der Waals surface area contributed by atoms with Crippen LogP contribution in [0.4, 0.5) is 0 Å². The average Bonchev–Trinajstić information content (AvgIpc) is 2.91. The molecule has 2 aliphatic heterocycles. The zero-order chi connectivity index (χ0) is 26.5. The molecule has 37 heavy (non-hydrogen) atoms. The van der Waals surface area contributed by atoms with Crippen molar-refractivity contribution >= 4 is 0 Å². The number of morpholine rings is 1. The number of rotatable bonds is 17. The molecule has 1 aromatic carbocycles. The first-order valence-corrected chi connectivity index (χ1v) is 15.8. The van der Waals surface area contributed by atoms with Gasteiger partial charge in [-0.1, -0.05) is 90.4 Å². The molecule has 212 valence electrons. The van der Waals surface area contributed by atoms with Gasteiger partial charge in [0.05, 0.1) is 13.2 Å². The molecule has 0 saturated carbocycles. The second-order valence-corrected chi connectivity index (χ2v) is 12.2. The highest BCUT2D eigenvalue weighted by molar-refractivity contribution is 5.59. The number of hydrogen-bond donors (Lipinski definition) is 1. The highest BCUT2D eigenvalue weighted by Gasteiger charge is 2.35. The van der Waals surface area contributed by atoms with E-state index in [0.29, 0.717) is 5.75 Å². The number of phenolic OH excluding ortho intramolecular Hbond substituents is 1. The van der Waals surface area contributed by atoms with Crippen LogP contribution < -0.4 is 4.74 Å². The lowest BCUT2D eigenvalue weighted by Crippen LogP contribution is -2.38. The smallest absolute Gasteiger partial charge is 0.127 e. The fraction of sp³-hybridized carbons (Fsp3) is 0.818. The van der Waals surface area contributed by atoms with Crippen LogP contribution in [0.3, 0.4) is 0 Å². The Bertz CT molecular complexity index is 801. The minimum absolute atomic E-state index is 0.0888. The number of ether oxygens (including phenoxy) is 2. The normalized spacial score (nSPS) is 20.1. The van der Waals surface area contributed by atoms with Gasteiger partial charge in [0.2, 0.25) is 0 Å². The minimum atomic E-state index is -0.0888. The van der Waals surface area contributed by atoms with Crippen LogP contribution in [-0.2, 0) is 17.7 Å². The van der Waals surface area contributed by atoms with E-state index in [2.05, 4.69) is 25.7 Å². The molecule has 2 aliphatic rings. The van der Waals surface area contributed by atoms with Crippen molar-refractivity contribution in [3.63, 3.8) is 0 Å². The van der Waals surface area contributed by atoms with Crippen LogP contribution in [0.2, 0.25) is 0 Å². The number of benzene rings is 1. The summed E-state index contributed by atoms with van der Waals surface area (Å²) < 4.78 is 12.3. The number of fused-ring (bicyclic) bond motifs is 1. The predicted octanol–water partition coefficient (Wildman–Crippen LogP) is 8.80. The van der Waals surface area contributed by atoms with E-state index in [1.807, 2.05) is 6.92 Å². The Kier molecular flexibility index (Phi) is 13.1. The molecule has 0 amide bonds. The lowest BCUT2D eigenvalue weighted by molar-refractivity contribution is 0.0325. The molecule has 0 aromatic heterocycles. The van der Waals surface area contributed by atoms with Crippen molar-refractivity contribution in [1.82, 2.24) is 4.90 Å². The molecule has 4 heteroatoms. The summed E-state index contributed by atoms with van der Waals surface area (Å²) in [7, 11) is 0. The summed E-state index contributed by atoms with van der Waals surface area (Å²) in [5.41, 5.74) is 4.33. The Balaban J connectivity index is 1.37. The molecule has 0 spiro atoms. The zero-order valence-corrected chi connectivity index (χ0v) is 24.8. The Hall–Kier alpha value is -1.26. The number of hydrogen-bond acceptors (Lipinski definition) is 4. The lowest BCUT2D eigenvalue weighted by atomic mass is 9.84. The predicted molar refractivity (Wildman–Crippen MR) is 156 cm³/mol. The number of nitrogens with zero attached hydrogens (tertiary/aromatic N) is 1. The van der Waals surface area contributed by atoms with Crippen molar-refractivity contribution in [2.24, 2.45) is 0 Å². The first-order valence-electron chi connectivity index (χ1n) is 15.8. The molecular weight excluding hydrogens is 458 g/mol. The summed E-state index contributed by atoms with van der Waals surface area (Å²) in [6.45, 7) is 13.0. The molecule has 0 bridgehead atoms. The molecule has 1 saturated heterocycles. The summed E-state index contributed by atoms with van der Waals surface area (Å²) in [5.74, 6) is 1.53. The van der Waals surface area contributed by atoms with Gasteiger partial charge in [-0.15, -0.1) is 0 Å². The van der Waals surface area contributed by atoms with Gasteiger partial charge in [-0.2, -0.15) is 0 Å². The topological polar surface area (TPSA) is 41.9 Å². The summed E-state index contributed by atoms with van der Waals surface area (Å²) in [4.78, 5) is 2.40. The van der Waals surface area contributed by atoms with Crippen molar-refractivity contribution in [3.8, 4) is 11.5 Å². The first kappa shape index (κ1) is 30.3. The van der Waals surface area contributed by atoms with Crippen molar-refractivity contribution in [2.75, 3.05) is 26.3 Å². The van der Waals surface area contributed by atoms with Crippen molar-refractivity contribution in [2.45, 2.75) is 149 Å². The van der Waals surface area contributed by atoms with Gasteiger partial charge in [-0.05, 0) is 57.6 Å². The molecule has 4 nitrogen and oxygen atoms in total. The molecule has 1 unspecified atom stereocenters. The highest BCUT2D eigenvalue weighted by atomic mass is 16.5. The molecule has 1 fully saturated rings. The quantitative estimate of drug-likeness (QED) is 0.210. The number of unbranched alkanes of at least 4 members (excludes halogenated alkanes) is 13. The summed E-state index contributed by atoms with van der Waals surface area (Å²) in [6.07, 6.45) is 22.7. The molecule has 1 aromatic rings. The second kappa shape index (κ2) is 16.0. The molecule has 0 radical (unpaired) electrons. The van der Waals surface area contributed by atoms with E-state index >= 15 is 0 Å². The average molecular weight is 516 g/mol. The van der Waals surface area contributed by atoms with Crippen LogP contribution in [0.5, 0.6) is 11.5 Å². The van der Waals surface area contributed by atoms with Crippen LogP contribution >= 0.6 is 0 Å². The molecule has 1 atom stereocenters. The highest BCUT2D eigenvalue weighted by Crippen LogP contribution is 2.45. The van der Waals surface area contributed by atoms with E-state index in [1.165, 1.54) is 95.5 Å². The third-order valence-corrected chi connectivity index (χ3v) is 8.98. The van der Waals surface area contributed by atoms with Gasteiger partial charge in [0, 0.05) is 30.8 Å². The number of aromatic hydroxyl groups is 1. The van der Waals surface area contributed by atoms with Crippen LogP contribution in [0, 0.1) is 13.8 Å². The third-order valence-electron chi connectivity index (χ3n) is 8.98. The van der Waals surface area contributed by atoms with E-state index in [4.69, 9.17) is 9.47 Å². The minimum Gasteiger partial charge on any atom is -0.507 e. The van der Waals surface area contributed by atoms with E-state index in [9.17, 15) is 5.11 Å². The van der Waals surface area contributed by atoms with Gasteiger partial charge < -0.3 is 14.6 Å². The maximum Gasteiger partial charge on any atom is 0.127 e. The van der Waals surface area contributed by atoms with Crippen LogP contribution in [0.1, 0.15) is 139 Å². The molecular formula is C33H57NO3. The molecule has 2 heterocycles. The maximum atomic E-state index is 11.0. The molecule has 3 rings (SSSR count). The van der Waals surface area contributed by atoms with Gasteiger partial charge in [-0.25, -0.2) is 0 Å². The van der Waals surface area contributed by atoms with Gasteiger partial charge in [0.25, 0.3) is 0 Å². The third kappa shape index (κ3) is 9.46. The standard InChI is InChI=1S/C33H57NO3/c1-5-6-7-8-9-10-11-12-13-14-15-16-17-18-20-33(4)21-19-29-30(26-34-22-24-36-25-23-34)31(35)27(2)28(3)32(29)37-33/h35H,5-26H2,1-4H3. The van der Waals surface area contributed by atoms with Crippen LogP contribution in [0.25, 0.3) is 0 Å². The second-order valence-electron chi connectivity index (χ2n) is 12.2. The van der Waals surface area contributed by atoms with Crippen molar-refractivity contribution in [1.29, 1.82) is 0 Å². The summed E-state index contributed by atoms with van der Waals surface area (Å²) in [5, 5.41) is 11.0. The van der Waals surface area contributed by atoms with E-state index < -0.39 is 0 Å². The van der Waals surface area contributed by atoms with Crippen LogP contribution in [0.15, 0.2) is 0 Å². The SMILES string of the molecule is CCCCCCCCCCCCCCCCC1(C)CCc2c(CN3CCOCC3)c(O)c(C)c(C)c2O1. The van der Waals surface area contributed by atoms with Crippen LogP contribution in [-0.4, -0.2) is 41.9 Å². The monoisotopic (exact) mass is 515 g/mol. The Labute approximate surface area is 228 Å². The fourth-order valence-electron chi connectivity index (χ4n) is 6.19. The maximum absolute atomic E-state index is 11.0.